The van der Waals surface area contributed by atoms with Gasteiger partial charge in [0.1, 0.15) is 15.7 Å². The van der Waals surface area contributed by atoms with Crippen LogP contribution in [0.15, 0.2) is 42.6 Å². The molecule has 0 radical (unpaired) electrons. The average Bonchev–Trinajstić information content (AvgIpc) is 3.05. The van der Waals surface area contributed by atoms with Gasteiger partial charge in [-0.2, -0.15) is 0 Å². The zero-order valence-corrected chi connectivity index (χ0v) is 15.4. The molecule has 1 aliphatic heterocycles. The van der Waals surface area contributed by atoms with Crippen LogP contribution in [0.4, 0.5) is 4.39 Å². The fourth-order valence-electron chi connectivity index (χ4n) is 3.80. The summed E-state index contributed by atoms with van der Waals surface area (Å²) in [5.41, 5.74) is 9.12. The van der Waals surface area contributed by atoms with E-state index in [4.69, 9.17) is 5.73 Å². The van der Waals surface area contributed by atoms with E-state index in [1.54, 1.807) is 18.2 Å². The number of primary amides is 1. The monoisotopic (exact) mass is 386 g/mol. The Labute approximate surface area is 156 Å². The van der Waals surface area contributed by atoms with Gasteiger partial charge in [-0.15, -0.1) is 0 Å². The van der Waals surface area contributed by atoms with Crippen LogP contribution in [0.3, 0.4) is 0 Å². The summed E-state index contributed by atoms with van der Waals surface area (Å²) >= 11 is 0. The molecule has 4 rings (SSSR count). The minimum absolute atomic E-state index is 0.103. The van der Waals surface area contributed by atoms with Gasteiger partial charge in [0.05, 0.1) is 22.6 Å². The normalized spacial score (nSPS) is 17.2. The Bertz CT molecular complexity index is 1120. The third-order valence-electron chi connectivity index (χ3n) is 5.26. The van der Waals surface area contributed by atoms with Crippen molar-refractivity contribution in [2.45, 2.75) is 18.8 Å². The Balaban J connectivity index is 1.85. The van der Waals surface area contributed by atoms with E-state index in [0.29, 0.717) is 23.9 Å². The Morgan fingerprint density at radius 1 is 1.07 bits per heavy atom. The maximum atomic E-state index is 13.3. The van der Waals surface area contributed by atoms with Crippen LogP contribution in [0.5, 0.6) is 0 Å². The van der Waals surface area contributed by atoms with E-state index < -0.39 is 15.7 Å². The van der Waals surface area contributed by atoms with Crippen molar-refractivity contribution >= 4 is 26.6 Å². The summed E-state index contributed by atoms with van der Waals surface area (Å²) in [4.78, 5) is 15.1. The van der Waals surface area contributed by atoms with Crippen molar-refractivity contribution in [2.24, 2.45) is 5.73 Å². The number of nitrogens with two attached hydrogens (primary N) is 1. The second-order valence-corrected chi connectivity index (χ2v) is 9.29. The number of carbonyl (C=O) groups excluding carboxylic acids is 1. The van der Waals surface area contributed by atoms with E-state index in [0.717, 1.165) is 22.1 Å². The van der Waals surface area contributed by atoms with Crippen molar-refractivity contribution in [3.63, 3.8) is 0 Å². The molecule has 1 aromatic heterocycles. The summed E-state index contributed by atoms with van der Waals surface area (Å²) in [6.45, 7) is 0. The van der Waals surface area contributed by atoms with Gasteiger partial charge in [-0.25, -0.2) is 12.8 Å². The molecule has 1 fully saturated rings. The lowest BCUT2D eigenvalue weighted by Gasteiger charge is -2.21. The molecule has 2 heterocycles. The number of fused-ring (bicyclic) bond motifs is 1. The van der Waals surface area contributed by atoms with Crippen LogP contribution in [-0.2, 0) is 9.84 Å². The molecule has 0 saturated carbocycles. The van der Waals surface area contributed by atoms with Crippen molar-refractivity contribution in [2.75, 3.05) is 11.5 Å². The first kappa shape index (κ1) is 17.7. The topological polar surface area (TPSA) is 93.0 Å². The van der Waals surface area contributed by atoms with Gasteiger partial charge >= 0.3 is 0 Å². The average molecular weight is 386 g/mol. The third kappa shape index (κ3) is 3.35. The highest BCUT2D eigenvalue weighted by atomic mass is 32.2. The lowest BCUT2D eigenvalue weighted by Crippen LogP contribution is -2.22. The molecule has 0 spiro atoms. The van der Waals surface area contributed by atoms with Crippen LogP contribution in [0.25, 0.3) is 22.0 Å². The van der Waals surface area contributed by atoms with Crippen LogP contribution < -0.4 is 5.73 Å². The summed E-state index contributed by atoms with van der Waals surface area (Å²) in [5.74, 6) is -0.439. The van der Waals surface area contributed by atoms with E-state index >= 15 is 0 Å². The first-order valence-corrected chi connectivity index (χ1v) is 10.6. The standard InChI is InChI=1S/C20H19FN2O3S/c21-15-3-1-12(2-4-15)14-9-16-18(13-5-7-27(25,26)8-6-13)11-23-19(16)17(10-14)20(22)24/h1-4,9-11,13,23H,5-8H2,(H2,22,24). The second-order valence-electron chi connectivity index (χ2n) is 6.99. The zero-order chi connectivity index (χ0) is 19.2. The molecule has 3 N–H and O–H groups in total. The van der Waals surface area contributed by atoms with Crippen molar-refractivity contribution in [1.82, 2.24) is 4.98 Å². The molecule has 1 amide bonds. The largest absolute Gasteiger partial charge is 0.366 e. The molecule has 3 aromatic rings. The molecule has 0 aliphatic carbocycles. The number of halogens is 1. The van der Waals surface area contributed by atoms with Crippen molar-refractivity contribution in [1.29, 1.82) is 0 Å². The number of H-pyrrole nitrogens is 1. The summed E-state index contributed by atoms with van der Waals surface area (Å²) in [6.07, 6.45) is 2.96. The minimum Gasteiger partial charge on any atom is -0.366 e. The molecule has 2 aromatic carbocycles. The fraction of sp³-hybridized carbons (Fsp3) is 0.250. The Kier molecular flexibility index (Phi) is 4.26. The summed E-state index contributed by atoms with van der Waals surface area (Å²) < 4.78 is 36.7. The van der Waals surface area contributed by atoms with Crippen molar-refractivity contribution < 1.29 is 17.6 Å². The van der Waals surface area contributed by atoms with Crippen molar-refractivity contribution in [3.05, 3.63) is 59.5 Å². The number of aromatic nitrogens is 1. The minimum atomic E-state index is -2.96. The fourth-order valence-corrected chi connectivity index (χ4v) is 5.29. The molecule has 27 heavy (non-hydrogen) atoms. The second kappa shape index (κ2) is 6.49. The van der Waals surface area contributed by atoms with E-state index in [9.17, 15) is 17.6 Å². The van der Waals surface area contributed by atoms with E-state index in [-0.39, 0.29) is 23.2 Å². The lowest BCUT2D eigenvalue weighted by atomic mass is 9.91. The van der Waals surface area contributed by atoms with Gasteiger partial charge < -0.3 is 10.7 Å². The van der Waals surface area contributed by atoms with Gasteiger partial charge in [0.25, 0.3) is 5.91 Å². The van der Waals surface area contributed by atoms with Gasteiger partial charge in [-0.05, 0) is 59.7 Å². The Morgan fingerprint density at radius 2 is 1.74 bits per heavy atom. The quantitative estimate of drug-likeness (QED) is 0.723. The van der Waals surface area contributed by atoms with Crippen LogP contribution in [0.2, 0.25) is 0 Å². The molecule has 1 saturated heterocycles. The summed E-state index contributed by atoms with van der Waals surface area (Å²) in [5, 5.41) is 0.856. The number of benzene rings is 2. The number of hydrogen-bond acceptors (Lipinski definition) is 3. The zero-order valence-electron chi connectivity index (χ0n) is 14.5. The molecular formula is C20H19FN2O3S. The smallest absolute Gasteiger partial charge is 0.250 e. The summed E-state index contributed by atoms with van der Waals surface area (Å²) in [7, 11) is -2.96. The predicted molar refractivity (Wildman–Crippen MR) is 103 cm³/mol. The van der Waals surface area contributed by atoms with Gasteiger partial charge in [0.2, 0.25) is 0 Å². The van der Waals surface area contributed by atoms with Gasteiger partial charge in [-0.1, -0.05) is 12.1 Å². The first-order valence-electron chi connectivity index (χ1n) is 8.75. The molecule has 1 aliphatic rings. The maximum Gasteiger partial charge on any atom is 0.250 e. The number of sulfone groups is 1. The molecule has 7 heteroatoms. The first-order chi connectivity index (χ1) is 12.8. The van der Waals surface area contributed by atoms with Crippen molar-refractivity contribution in [3.8, 4) is 11.1 Å². The maximum absolute atomic E-state index is 13.3. The predicted octanol–water partition coefficient (Wildman–Crippen LogP) is 3.37. The number of nitrogens with one attached hydrogen (secondary N) is 1. The number of amides is 1. The SMILES string of the molecule is NC(=O)c1cc(-c2ccc(F)cc2)cc2c(C3CCS(=O)(=O)CC3)c[nH]c12. The van der Waals surface area contributed by atoms with E-state index in [1.807, 2.05) is 12.3 Å². The van der Waals surface area contributed by atoms with E-state index in [1.165, 1.54) is 12.1 Å². The Hall–Kier alpha value is -2.67. The van der Waals surface area contributed by atoms with Gasteiger partial charge in [-0.3, -0.25) is 4.79 Å². The van der Waals surface area contributed by atoms with Crippen LogP contribution in [-0.4, -0.2) is 30.8 Å². The molecule has 0 atom stereocenters. The number of carbonyl (C=O) groups is 1. The van der Waals surface area contributed by atoms with Crippen LogP contribution >= 0.6 is 0 Å². The van der Waals surface area contributed by atoms with Crippen LogP contribution in [0, 0.1) is 5.82 Å². The van der Waals surface area contributed by atoms with Gasteiger partial charge in [0.15, 0.2) is 0 Å². The highest BCUT2D eigenvalue weighted by Crippen LogP contribution is 2.37. The van der Waals surface area contributed by atoms with Crippen LogP contribution in [0.1, 0.15) is 34.7 Å². The van der Waals surface area contributed by atoms with Gasteiger partial charge in [0, 0.05) is 11.6 Å². The third-order valence-corrected chi connectivity index (χ3v) is 6.97. The number of rotatable bonds is 3. The summed E-state index contributed by atoms with van der Waals surface area (Å²) in [6, 6.07) is 9.69. The molecule has 0 bridgehead atoms. The lowest BCUT2D eigenvalue weighted by molar-refractivity contribution is 0.100. The number of aromatic amines is 1. The number of hydrogen-bond donors (Lipinski definition) is 2. The van der Waals surface area contributed by atoms with E-state index in [2.05, 4.69) is 4.98 Å². The molecular weight excluding hydrogens is 367 g/mol. The highest BCUT2D eigenvalue weighted by Gasteiger charge is 2.27. The molecule has 5 nitrogen and oxygen atoms in total. The highest BCUT2D eigenvalue weighted by molar-refractivity contribution is 7.91. The Morgan fingerprint density at radius 3 is 2.37 bits per heavy atom. The molecule has 0 unspecified atom stereocenters. The molecule has 140 valence electrons.